The summed E-state index contributed by atoms with van der Waals surface area (Å²) in [5, 5.41) is 2.95. The molecule has 0 spiro atoms. The molecule has 0 amide bonds. The van der Waals surface area contributed by atoms with Gasteiger partial charge in [0.15, 0.2) is 5.13 Å². The Morgan fingerprint density at radius 1 is 1.61 bits per heavy atom. The zero-order valence-corrected chi connectivity index (χ0v) is 11.9. The van der Waals surface area contributed by atoms with Crippen molar-refractivity contribution in [2.75, 3.05) is 38.7 Å². The molecule has 5 nitrogen and oxygen atoms in total. The minimum atomic E-state index is -0.237. The Bertz CT molecular complexity index is 421. The predicted octanol–water partition coefficient (Wildman–Crippen LogP) is 0.999. The summed E-state index contributed by atoms with van der Waals surface area (Å²) in [6.45, 7) is 5.25. The number of aromatic nitrogens is 1. The fourth-order valence-corrected chi connectivity index (χ4v) is 2.83. The third kappa shape index (κ3) is 3.00. The topological polar surface area (TPSA) is 45.7 Å². The number of anilines is 1. The zero-order valence-electron chi connectivity index (χ0n) is 11.0. The number of methoxy groups -OCH3 is 1. The van der Waals surface area contributed by atoms with Crippen LogP contribution in [0.25, 0.3) is 0 Å². The molecule has 1 atom stereocenters. The van der Waals surface area contributed by atoms with E-state index in [1.165, 1.54) is 7.11 Å². The Kier molecular flexibility index (Phi) is 4.19. The third-order valence-corrected chi connectivity index (χ3v) is 4.27. The Balaban J connectivity index is 1.99. The Morgan fingerprint density at radius 2 is 2.39 bits per heavy atom. The largest absolute Gasteiger partial charge is 0.469 e. The predicted molar refractivity (Wildman–Crippen MR) is 72.1 cm³/mol. The molecule has 0 aromatic carbocycles. The second kappa shape index (κ2) is 5.67. The van der Waals surface area contributed by atoms with Crippen molar-refractivity contribution in [1.82, 2.24) is 9.88 Å². The molecule has 0 bridgehead atoms. The van der Waals surface area contributed by atoms with Crippen molar-refractivity contribution in [1.29, 1.82) is 0 Å². The molecule has 0 saturated carbocycles. The van der Waals surface area contributed by atoms with Crippen LogP contribution in [-0.4, -0.2) is 55.7 Å². The average Bonchev–Trinajstić information content (AvgIpc) is 2.81. The summed E-state index contributed by atoms with van der Waals surface area (Å²) < 4.78 is 4.65. The van der Waals surface area contributed by atoms with Crippen LogP contribution in [0.1, 0.15) is 12.6 Å². The smallest absolute Gasteiger partial charge is 0.311 e. The molecule has 0 radical (unpaired) electrons. The first-order valence-electron chi connectivity index (χ1n) is 6.06. The summed E-state index contributed by atoms with van der Waals surface area (Å²) in [6, 6.07) is 0.534. The van der Waals surface area contributed by atoms with E-state index in [0.717, 1.165) is 30.5 Å². The summed E-state index contributed by atoms with van der Waals surface area (Å²) in [7, 11) is 3.55. The van der Waals surface area contributed by atoms with Crippen LogP contribution in [0.3, 0.4) is 0 Å². The number of rotatable bonds is 3. The number of carbonyl (C=O) groups excluding carboxylic acids is 1. The van der Waals surface area contributed by atoms with Crippen LogP contribution >= 0.6 is 11.3 Å². The molecule has 0 aliphatic carbocycles. The maximum Gasteiger partial charge on any atom is 0.311 e. The van der Waals surface area contributed by atoms with E-state index >= 15 is 0 Å². The first kappa shape index (κ1) is 13.3. The summed E-state index contributed by atoms with van der Waals surface area (Å²) in [5.41, 5.74) is 0.799. The van der Waals surface area contributed by atoms with Crippen molar-refractivity contribution < 1.29 is 9.53 Å². The van der Waals surface area contributed by atoms with Gasteiger partial charge in [-0.25, -0.2) is 4.98 Å². The van der Waals surface area contributed by atoms with Crippen molar-refractivity contribution in [2.24, 2.45) is 0 Å². The molecule has 1 aliphatic rings. The number of hydrogen-bond donors (Lipinski definition) is 0. The molecule has 18 heavy (non-hydrogen) atoms. The number of nitrogens with zero attached hydrogens (tertiary/aromatic N) is 3. The number of esters is 1. The fraction of sp³-hybridized carbons (Fsp3) is 0.667. The van der Waals surface area contributed by atoms with E-state index in [-0.39, 0.29) is 12.4 Å². The minimum absolute atomic E-state index is 0.237. The number of piperazine rings is 1. The minimum Gasteiger partial charge on any atom is -0.469 e. The monoisotopic (exact) mass is 269 g/mol. The molecular weight excluding hydrogens is 250 g/mol. The number of thiazole rings is 1. The van der Waals surface area contributed by atoms with Crippen LogP contribution in [0.15, 0.2) is 5.38 Å². The lowest BCUT2D eigenvalue weighted by molar-refractivity contribution is -0.139. The number of ether oxygens (including phenoxy) is 1. The molecule has 1 fully saturated rings. The van der Waals surface area contributed by atoms with Gasteiger partial charge >= 0.3 is 5.97 Å². The molecule has 6 heteroatoms. The van der Waals surface area contributed by atoms with Crippen molar-refractivity contribution in [3.63, 3.8) is 0 Å². The van der Waals surface area contributed by atoms with Gasteiger partial charge in [-0.3, -0.25) is 4.79 Å². The first-order chi connectivity index (χ1) is 8.60. The lowest BCUT2D eigenvalue weighted by Gasteiger charge is -2.37. The van der Waals surface area contributed by atoms with Crippen molar-refractivity contribution in [3.8, 4) is 0 Å². The van der Waals surface area contributed by atoms with Crippen LogP contribution < -0.4 is 4.90 Å². The molecule has 1 unspecified atom stereocenters. The van der Waals surface area contributed by atoms with Gasteiger partial charge in [-0.15, -0.1) is 11.3 Å². The summed E-state index contributed by atoms with van der Waals surface area (Å²) in [4.78, 5) is 20.3. The second-order valence-electron chi connectivity index (χ2n) is 4.65. The maximum atomic E-state index is 11.2. The van der Waals surface area contributed by atoms with Crippen LogP contribution in [0.5, 0.6) is 0 Å². The molecule has 2 heterocycles. The average molecular weight is 269 g/mol. The first-order valence-corrected chi connectivity index (χ1v) is 6.94. The Hall–Kier alpha value is -1.14. The quantitative estimate of drug-likeness (QED) is 0.766. The highest BCUT2D eigenvalue weighted by atomic mass is 32.1. The molecule has 1 aromatic heterocycles. The van der Waals surface area contributed by atoms with Gasteiger partial charge < -0.3 is 14.5 Å². The van der Waals surface area contributed by atoms with E-state index < -0.39 is 0 Å². The van der Waals surface area contributed by atoms with Gasteiger partial charge in [-0.1, -0.05) is 0 Å². The van der Waals surface area contributed by atoms with Crippen molar-refractivity contribution in [2.45, 2.75) is 19.4 Å². The van der Waals surface area contributed by atoms with E-state index in [0.29, 0.717) is 6.04 Å². The standard InChI is InChI=1S/C12H19N3O2S/c1-9-7-15(5-4-14(9)2)12-13-10(8-18-12)6-11(16)17-3/h8-9H,4-7H2,1-3H3. The van der Waals surface area contributed by atoms with E-state index in [1.54, 1.807) is 11.3 Å². The van der Waals surface area contributed by atoms with E-state index in [1.807, 2.05) is 5.38 Å². The van der Waals surface area contributed by atoms with Gasteiger partial charge in [0.05, 0.1) is 19.2 Å². The molecular formula is C12H19N3O2S. The number of hydrogen-bond acceptors (Lipinski definition) is 6. The van der Waals surface area contributed by atoms with Crippen LogP contribution in [-0.2, 0) is 16.0 Å². The van der Waals surface area contributed by atoms with Crippen LogP contribution in [0.2, 0.25) is 0 Å². The van der Waals surface area contributed by atoms with Gasteiger partial charge in [-0.2, -0.15) is 0 Å². The summed E-state index contributed by atoms with van der Waals surface area (Å²) >= 11 is 1.60. The zero-order chi connectivity index (χ0) is 13.1. The SMILES string of the molecule is COC(=O)Cc1csc(N2CCN(C)C(C)C2)n1. The van der Waals surface area contributed by atoms with Gasteiger partial charge in [-0.05, 0) is 14.0 Å². The normalized spacial score (nSPS) is 21.1. The third-order valence-electron chi connectivity index (χ3n) is 3.32. The second-order valence-corrected chi connectivity index (χ2v) is 5.49. The molecule has 1 saturated heterocycles. The molecule has 1 aromatic rings. The van der Waals surface area contributed by atoms with Gasteiger partial charge in [0.1, 0.15) is 0 Å². The van der Waals surface area contributed by atoms with Crippen molar-refractivity contribution in [3.05, 3.63) is 11.1 Å². The van der Waals surface area contributed by atoms with Crippen LogP contribution in [0, 0.1) is 0 Å². The fourth-order valence-electron chi connectivity index (χ4n) is 1.96. The maximum absolute atomic E-state index is 11.2. The highest BCUT2D eigenvalue weighted by Crippen LogP contribution is 2.23. The Morgan fingerprint density at radius 3 is 3.06 bits per heavy atom. The highest BCUT2D eigenvalue weighted by molar-refractivity contribution is 7.13. The Labute approximate surface area is 111 Å². The summed E-state index contributed by atoms with van der Waals surface area (Å²) in [5.74, 6) is -0.237. The molecule has 0 N–H and O–H groups in total. The van der Waals surface area contributed by atoms with Crippen molar-refractivity contribution >= 4 is 22.4 Å². The molecule has 2 rings (SSSR count). The van der Waals surface area contributed by atoms with Gasteiger partial charge in [0.25, 0.3) is 0 Å². The highest BCUT2D eigenvalue weighted by Gasteiger charge is 2.22. The van der Waals surface area contributed by atoms with E-state index in [9.17, 15) is 4.79 Å². The van der Waals surface area contributed by atoms with E-state index in [4.69, 9.17) is 0 Å². The van der Waals surface area contributed by atoms with Gasteiger partial charge in [0, 0.05) is 31.1 Å². The lowest BCUT2D eigenvalue weighted by atomic mass is 10.2. The molecule has 100 valence electrons. The number of carbonyl (C=O) groups is 1. The van der Waals surface area contributed by atoms with E-state index in [2.05, 4.69) is 33.5 Å². The summed E-state index contributed by atoms with van der Waals surface area (Å²) in [6.07, 6.45) is 0.260. The molecule has 1 aliphatic heterocycles. The lowest BCUT2D eigenvalue weighted by Crippen LogP contribution is -2.50. The van der Waals surface area contributed by atoms with Crippen LogP contribution in [0.4, 0.5) is 5.13 Å². The van der Waals surface area contributed by atoms with Gasteiger partial charge in [0.2, 0.25) is 0 Å². The number of likely N-dealkylation sites (N-methyl/N-ethyl adjacent to an activating group) is 1.